The highest BCUT2D eigenvalue weighted by molar-refractivity contribution is 9.10. The number of halogens is 2. The van der Waals surface area contributed by atoms with E-state index in [4.69, 9.17) is 23.7 Å². The van der Waals surface area contributed by atoms with E-state index in [0.29, 0.717) is 29.5 Å². The summed E-state index contributed by atoms with van der Waals surface area (Å²) in [5, 5.41) is 0. The maximum atomic E-state index is 14.5. The molecule has 5 aromatic carbocycles. The van der Waals surface area contributed by atoms with Crippen LogP contribution in [0.4, 0.5) is 4.39 Å². The van der Waals surface area contributed by atoms with Crippen molar-refractivity contribution in [3.05, 3.63) is 177 Å². The zero-order chi connectivity index (χ0) is 44.0. The molecule has 6 rings (SSSR count). The van der Waals surface area contributed by atoms with Crippen LogP contribution in [0.3, 0.4) is 0 Å². The highest BCUT2D eigenvalue weighted by Gasteiger charge is 2.36. The molecule has 1 aliphatic carbocycles. The molecule has 13 heteroatoms. The monoisotopic (exact) mass is 906 g/mol. The predicted octanol–water partition coefficient (Wildman–Crippen LogP) is 8.92. The summed E-state index contributed by atoms with van der Waals surface area (Å²) in [5.74, 6) is -7.40. The molecule has 0 spiro atoms. The third-order valence-electron chi connectivity index (χ3n) is 10.0. The van der Waals surface area contributed by atoms with Crippen LogP contribution < -0.4 is 0 Å². The zero-order valence-electron chi connectivity index (χ0n) is 33.8. The molecular weight excluding hydrogens is 863 g/mol. The molecule has 0 radical (unpaired) electrons. The van der Waals surface area contributed by atoms with E-state index in [9.17, 15) is 33.2 Å². The summed E-state index contributed by atoms with van der Waals surface area (Å²) in [7, 11) is 0. The van der Waals surface area contributed by atoms with Crippen molar-refractivity contribution >= 4 is 51.7 Å². The topological polar surface area (TPSA) is 149 Å². The lowest BCUT2D eigenvalue weighted by Crippen LogP contribution is -2.29. The van der Waals surface area contributed by atoms with Crippen LogP contribution in [-0.2, 0) is 58.9 Å². The van der Waals surface area contributed by atoms with Gasteiger partial charge in [0.05, 0.1) is 37.9 Å². The van der Waals surface area contributed by atoms with Gasteiger partial charge in [0.1, 0.15) is 5.82 Å². The van der Waals surface area contributed by atoms with E-state index < -0.39 is 65.7 Å². The van der Waals surface area contributed by atoms with Gasteiger partial charge in [-0.3, -0.25) is 19.2 Å². The van der Waals surface area contributed by atoms with Crippen LogP contribution in [0.2, 0.25) is 0 Å². The Hall–Kier alpha value is -6.47. The quantitative estimate of drug-likeness (QED) is 0.0444. The van der Waals surface area contributed by atoms with Crippen molar-refractivity contribution in [2.45, 2.75) is 63.1 Å². The van der Waals surface area contributed by atoms with Crippen molar-refractivity contribution in [2.24, 2.45) is 5.92 Å². The summed E-state index contributed by atoms with van der Waals surface area (Å²) in [6.07, 6.45) is -2.45. The molecule has 0 bridgehead atoms. The maximum absolute atomic E-state index is 14.5. The molecule has 1 fully saturated rings. The van der Waals surface area contributed by atoms with E-state index in [0.717, 1.165) is 16.1 Å². The lowest BCUT2D eigenvalue weighted by atomic mass is 9.96. The third kappa shape index (κ3) is 13.3. The Labute approximate surface area is 366 Å². The van der Waals surface area contributed by atoms with Crippen LogP contribution in [0.15, 0.2) is 138 Å². The highest BCUT2D eigenvalue weighted by atomic mass is 79.9. The van der Waals surface area contributed by atoms with Gasteiger partial charge in [-0.15, -0.1) is 0 Å². The highest BCUT2D eigenvalue weighted by Crippen LogP contribution is 2.32. The van der Waals surface area contributed by atoms with Gasteiger partial charge in [0.25, 0.3) is 0 Å². The molecule has 0 amide bonds. The van der Waals surface area contributed by atoms with Crippen LogP contribution in [-0.4, -0.2) is 49.0 Å². The van der Waals surface area contributed by atoms with Crippen molar-refractivity contribution in [3.8, 4) is 0 Å². The van der Waals surface area contributed by atoms with Crippen LogP contribution in [0, 0.1) is 18.7 Å². The van der Waals surface area contributed by atoms with Gasteiger partial charge in [0, 0.05) is 21.5 Å². The molecular formula is C49H44BrFO11. The number of hydrogen-bond acceptors (Lipinski definition) is 11. The van der Waals surface area contributed by atoms with Crippen molar-refractivity contribution in [2.75, 3.05) is 13.2 Å². The molecule has 1 aliphatic rings. The van der Waals surface area contributed by atoms with Gasteiger partial charge in [-0.25, -0.2) is 14.0 Å². The fourth-order valence-corrected chi connectivity index (χ4v) is 7.10. The summed E-state index contributed by atoms with van der Waals surface area (Å²) in [6.45, 7) is 1.27. The fourth-order valence-electron chi connectivity index (χ4n) is 6.66. The number of aryl methyl sites for hydroxylation is 1. The van der Waals surface area contributed by atoms with Gasteiger partial charge < -0.3 is 23.7 Å². The molecule has 0 saturated heterocycles. The minimum Gasteiger partial charge on any atom is -0.466 e. The SMILES string of the molecule is Cc1cccc(C(OC(=O)C(OC(=O)Cc2cccc(Br)c2)c2cccc(F)c2)C(=O)OCC(CC(=O)OCCC(C(=O)OC(=O)C2CC2)c2ccccc2)c2ccccc2)c1. The Bertz CT molecular complexity index is 2370. The average Bonchev–Trinajstić information content (AvgIpc) is 4.12. The second-order valence-corrected chi connectivity index (χ2v) is 15.8. The maximum Gasteiger partial charge on any atom is 0.353 e. The van der Waals surface area contributed by atoms with E-state index in [1.807, 2.05) is 0 Å². The van der Waals surface area contributed by atoms with Crippen molar-refractivity contribution in [3.63, 3.8) is 0 Å². The second kappa shape index (κ2) is 21.9. The Kier molecular flexibility index (Phi) is 15.9. The number of ether oxygens (including phenoxy) is 5. The predicted molar refractivity (Wildman–Crippen MR) is 226 cm³/mol. The first-order valence-corrected chi connectivity index (χ1v) is 20.9. The summed E-state index contributed by atoms with van der Waals surface area (Å²) < 4.78 is 43.1. The van der Waals surface area contributed by atoms with Gasteiger partial charge in [-0.05, 0) is 67.1 Å². The summed E-state index contributed by atoms with van der Waals surface area (Å²) in [4.78, 5) is 79.9. The average molecular weight is 908 g/mol. The molecule has 11 nitrogen and oxygen atoms in total. The van der Waals surface area contributed by atoms with E-state index in [1.165, 1.54) is 18.2 Å². The molecule has 320 valence electrons. The van der Waals surface area contributed by atoms with Gasteiger partial charge in [-0.1, -0.05) is 131 Å². The Morgan fingerprint density at radius 2 is 1.27 bits per heavy atom. The van der Waals surface area contributed by atoms with Crippen molar-refractivity contribution in [1.29, 1.82) is 0 Å². The first-order valence-electron chi connectivity index (χ1n) is 20.1. The largest absolute Gasteiger partial charge is 0.466 e. The minimum atomic E-state index is -1.75. The van der Waals surface area contributed by atoms with Crippen LogP contribution in [0.5, 0.6) is 0 Å². The van der Waals surface area contributed by atoms with Crippen LogP contribution in [0.1, 0.15) is 83.1 Å². The van der Waals surface area contributed by atoms with Crippen molar-refractivity contribution < 1.29 is 56.8 Å². The molecule has 1 saturated carbocycles. The molecule has 0 aliphatic heterocycles. The Morgan fingerprint density at radius 1 is 0.645 bits per heavy atom. The summed E-state index contributed by atoms with van der Waals surface area (Å²) in [6, 6.07) is 36.1. The second-order valence-electron chi connectivity index (χ2n) is 14.9. The minimum absolute atomic E-state index is 0.0182. The first kappa shape index (κ1) is 45.1. The number of rotatable bonds is 19. The number of carbonyl (C=O) groups excluding carboxylic acids is 6. The van der Waals surface area contributed by atoms with E-state index in [-0.39, 0.29) is 49.5 Å². The number of benzene rings is 5. The summed E-state index contributed by atoms with van der Waals surface area (Å²) >= 11 is 3.36. The lowest BCUT2D eigenvalue weighted by Gasteiger charge is -2.23. The zero-order valence-corrected chi connectivity index (χ0v) is 35.4. The summed E-state index contributed by atoms with van der Waals surface area (Å²) in [5.41, 5.74) is 2.82. The third-order valence-corrected chi connectivity index (χ3v) is 10.5. The van der Waals surface area contributed by atoms with E-state index in [2.05, 4.69) is 15.9 Å². The van der Waals surface area contributed by atoms with Crippen molar-refractivity contribution in [1.82, 2.24) is 0 Å². The molecule has 5 aromatic rings. The van der Waals surface area contributed by atoms with Gasteiger partial charge >= 0.3 is 35.8 Å². The fraction of sp³-hybridized carbons (Fsp3) is 0.265. The van der Waals surface area contributed by atoms with Crippen LogP contribution >= 0.6 is 15.9 Å². The lowest BCUT2D eigenvalue weighted by molar-refractivity contribution is -0.180. The Balaban J connectivity index is 1.15. The standard InChI is InChI=1S/C49H44BrFO11/c1-31-11-8-17-36(25-31)44(61-49(57)45(37-18-10-20-40(51)28-37)60-43(53)27-32-12-9-19-39(50)26-32)48(56)59-30-38(33-13-4-2-5-14-33)29-42(52)58-24-23-41(34-15-6-3-7-16-34)47(55)62-46(54)35-21-22-35/h2-20,25-26,28,35,38,41,44-45H,21-24,27,29-30H2,1H3. The van der Waals surface area contributed by atoms with Gasteiger partial charge in [0.2, 0.25) is 12.2 Å². The molecule has 62 heavy (non-hydrogen) atoms. The van der Waals surface area contributed by atoms with Gasteiger partial charge in [-0.2, -0.15) is 0 Å². The van der Waals surface area contributed by atoms with Crippen LogP contribution in [0.25, 0.3) is 0 Å². The molecule has 4 atom stereocenters. The molecule has 0 heterocycles. The van der Waals surface area contributed by atoms with E-state index >= 15 is 0 Å². The number of carbonyl (C=O) groups is 6. The Morgan fingerprint density at radius 3 is 1.94 bits per heavy atom. The van der Waals surface area contributed by atoms with Gasteiger partial charge in [0.15, 0.2) is 0 Å². The normalized spacial score (nSPS) is 14.0. The smallest absolute Gasteiger partial charge is 0.353 e. The molecule has 4 unspecified atom stereocenters. The molecule has 0 N–H and O–H groups in total. The van der Waals surface area contributed by atoms with E-state index in [1.54, 1.807) is 116 Å². The first-order chi connectivity index (χ1) is 29.9. The number of hydrogen-bond donors (Lipinski definition) is 0. The molecule has 0 aromatic heterocycles. The number of esters is 6.